The Morgan fingerprint density at radius 1 is 1.18 bits per heavy atom. The molecule has 0 saturated carbocycles. The van der Waals surface area contributed by atoms with Crippen molar-refractivity contribution in [3.63, 3.8) is 0 Å². The zero-order chi connectivity index (χ0) is 20.7. The molecule has 0 radical (unpaired) electrons. The van der Waals surface area contributed by atoms with Gasteiger partial charge in [0.25, 0.3) is 11.3 Å². The first kappa shape index (κ1) is 20.8. The van der Waals surface area contributed by atoms with Gasteiger partial charge in [-0.2, -0.15) is 9.50 Å². The van der Waals surface area contributed by atoms with E-state index in [0.29, 0.717) is 23.6 Å². The number of hydrogen-bond acceptors (Lipinski definition) is 5. The molecule has 154 valence electrons. The lowest BCUT2D eigenvalue weighted by Crippen LogP contribution is -2.47. The number of amides is 1. The number of halogens is 1. The van der Waals surface area contributed by atoms with Gasteiger partial charge in [-0.05, 0) is 62.4 Å². The Hall–Kier alpha value is -1.90. The van der Waals surface area contributed by atoms with E-state index in [0.717, 1.165) is 36.9 Å². The minimum absolute atomic E-state index is 0.0774. The molecule has 9 heteroatoms. The maximum atomic E-state index is 13.0. The molecule has 1 saturated heterocycles. The van der Waals surface area contributed by atoms with Crippen LogP contribution in [0.2, 0.25) is 0 Å². The first-order valence-electron chi connectivity index (χ1n) is 9.84. The number of rotatable bonds is 0. The van der Waals surface area contributed by atoms with Gasteiger partial charge >= 0.3 is 6.09 Å². The average Bonchev–Trinajstić information content (AvgIpc) is 3.17. The van der Waals surface area contributed by atoms with Gasteiger partial charge in [-0.3, -0.25) is 9.89 Å². The molecule has 1 fully saturated rings. The zero-order valence-electron chi connectivity index (χ0n) is 17.1. The van der Waals surface area contributed by atoms with E-state index in [1.54, 1.807) is 4.90 Å². The van der Waals surface area contributed by atoms with Crippen molar-refractivity contribution in [3.8, 4) is 0 Å². The quantitative estimate of drug-likeness (QED) is 0.659. The number of hydrogen-bond donors (Lipinski definition) is 1. The summed E-state index contributed by atoms with van der Waals surface area (Å²) in [4.78, 5) is 35.9. The molecule has 4 rings (SSSR count). The zero-order valence-corrected chi connectivity index (χ0v) is 18.7. The number of aromatic nitrogens is 4. The van der Waals surface area contributed by atoms with E-state index in [-0.39, 0.29) is 17.1 Å². The van der Waals surface area contributed by atoms with Gasteiger partial charge < -0.3 is 9.64 Å². The van der Waals surface area contributed by atoms with Crippen molar-refractivity contribution in [1.29, 1.82) is 0 Å². The monoisotopic (exact) mass is 453 g/mol. The molecule has 0 bridgehead atoms. The normalized spacial score (nSPS) is 18.0. The third kappa shape index (κ3) is 3.68. The number of nitrogens with one attached hydrogen (secondary N) is 1. The summed E-state index contributed by atoms with van der Waals surface area (Å²) in [6.45, 7) is 10.8. The van der Waals surface area contributed by atoms with Crippen LogP contribution in [0.3, 0.4) is 0 Å². The van der Waals surface area contributed by atoms with Crippen LogP contribution in [-0.4, -0.2) is 49.3 Å². The van der Waals surface area contributed by atoms with E-state index in [1.807, 2.05) is 34.6 Å². The molecule has 0 aromatic carbocycles. The van der Waals surface area contributed by atoms with Gasteiger partial charge in [-0.25, -0.2) is 9.78 Å². The van der Waals surface area contributed by atoms with Gasteiger partial charge in [-0.15, -0.1) is 0 Å². The van der Waals surface area contributed by atoms with Crippen molar-refractivity contribution in [1.82, 2.24) is 24.5 Å². The number of fused-ring (bicyclic) bond motifs is 3. The van der Waals surface area contributed by atoms with Crippen LogP contribution < -0.4 is 5.56 Å². The fourth-order valence-corrected chi connectivity index (χ4v) is 4.41. The largest absolute Gasteiger partial charge is 0.444 e. The highest BCUT2D eigenvalue weighted by Crippen LogP contribution is 2.44. The summed E-state index contributed by atoms with van der Waals surface area (Å²) >= 11 is 3.26. The van der Waals surface area contributed by atoms with Crippen molar-refractivity contribution in [2.75, 3.05) is 13.1 Å². The summed E-state index contributed by atoms with van der Waals surface area (Å²) in [7, 11) is 0. The van der Waals surface area contributed by atoms with Crippen LogP contribution in [0.15, 0.2) is 9.53 Å². The number of likely N-dealkylation sites (tertiary alicyclic amines) is 1. The second-order valence-electron chi connectivity index (χ2n) is 8.14. The van der Waals surface area contributed by atoms with Gasteiger partial charge in [0.15, 0.2) is 4.73 Å². The van der Waals surface area contributed by atoms with E-state index in [9.17, 15) is 9.59 Å². The molecule has 2 aromatic heterocycles. The molecule has 1 aliphatic carbocycles. The van der Waals surface area contributed by atoms with Crippen LogP contribution in [0.5, 0.6) is 0 Å². The molecule has 2 aromatic rings. The van der Waals surface area contributed by atoms with Crippen LogP contribution in [0.1, 0.15) is 65.1 Å². The Morgan fingerprint density at radius 2 is 1.82 bits per heavy atom. The second-order valence-corrected chi connectivity index (χ2v) is 8.89. The molecule has 0 unspecified atom stereocenters. The smallest absolute Gasteiger partial charge is 0.410 e. The van der Waals surface area contributed by atoms with Crippen LogP contribution in [-0.2, 0) is 16.6 Å². The van der Waals surface area contributed by atoms with E-state index < -0.39 is 5.60 Å². The summed E-state index contributed by atoms with van der Waals surface area (Å²) in [5.74, 6) is 0.392. The predicted octanol–water partition coefficient (Wildman–Crippen LogP) is 3.42. The molecule has 2 aliphatic rings. The molecule has 1 aliphatic heterocycles. The standard InChI is InChI=1S/C17H22BrN5O3.C2H6/c1-16(2,3)26-15(25)22-8-6-17(7-9-22)5-4-10-11(17)12(24)23-14(19-10)20-13(18)21-23;1-2/h4-9H2,1-3H3,(H,19,20,21);1-2H3. The fourth-order valence-electron chi connectivity index (χ4n) is 4.07. The van der Waals surface area contributed by atoms with Crippen LogP contribution in [0.4, 0.5) is 4.79 Å². The van der Waals surface area contributed by atoms with Crippen molar-refractivity contribution >= 4 is 27.8 Å². The minimum atomic E-state index is -0.505. The van der Waals surface area contributed by atoms with Gasteiger partial charge in [0.05, 0.1) is 5.69 Å². The Morgan fingerprint density at radius 3 is 2.43 bits per heavy atom. The number of H-pyrrole nitrogens is 1. The van der Waals surface area contributed by atoms with E-state index in [2.05, 4.69) is 31.0 Å². The summed E-state index contributed by atoms with van der Waals surface area (Å²) < 4.78 is 7.36. The predicted molar refractivity (Wildman–Crippen MR) is 110 cm³/mol. The molecule has 1 spiro atoms. The van der Waals surface area contributed by atoms with Gasteiger partial charge in [0, 0.05) is 24.1 Å². The third-order valence-corrected chi connectivity index (χ3v) is 5.64. The Bertz CT molecular complexity index is 935. The molecule has 1 amide bonds. The molecule has 28 heavy (non-hydrogen) atoms. The number of aryl methyl sites for hydroxylation is 1. The summed E-state index contributed by atoms with van der Waals surface area (Å²) in [5, 5.41) is 2.89. The van der Waals surface area contributed by atoms with Crippen molar-refractivity contribution in [2.45, 2.75) is 71.3 Å². The number of carbonyl (C=O) groups is 1. The lowest BCUT2D eigenvalue weighted by Gasteiger charge is -2.39. The van der Waals surface area contributed by atoms with Gasteiger partial charge in [0.2, 0.25) is 0 Å². The van der Waals surface area contributed by atoms with Crippen LogP contribution in [0.25, 0.3) is 5.78 Å². The highest BCUT2D eigenvalue weighted by atomic mass is 79.9. The summed E-state index contributed by atoms with van der Waals surface area (Å²) in [5.41, 5.74) is 0.840. The number of piperidine rings is 1. The van der Waals surface area contributed by atoms with E-state index in [4.69, 9.17) is 4.74 Å². The number of nitrogens with zero attached hydrogens (tertiary/aromatic N) is 4. The van der Waals surface area contributed by atoms with Crippen molar-refractivity contribution in [3.05, 3.63) is 26.3 Å². The topological polar surface area (TPSA) is 92.6 Å². The maximum Gasteiger partial charge on any atom is 0.410 e. The molecule has 3 heterocycles. The lowest BCUT2D eigenvalue weighted by molar-refractivity contribution is 0.0163. The molecule has 8 nitrogen and oxygen atoms in total. The first-order valence-corrected chi connectivity index (χ1v) is 10.6. The van der Waals surface area contributed by atoms with Crippen LogP contribution >= 0.6 is 15.9 Å². The SMILES string of the molecule is CC.CC(C)(C)OC(=O)N1CCC2(CCc3nc4nc(Br)[nH]n4c(=O)c32)CC1. The molecule has 1 N–H and O–H groups in total. The third-order valence-electron chi connectivity index (χ3n) is 5.29. The fraction of sp³-hybridized carbons (Fsp3) is 0.684. The van der Waals surface area contributed by atoms with Crippen molar-refractivity contribution < 1.29 is 9.53 Å². The highest BCUT2D eigenvalue weighted by molar-refractivity contribution is 9.10. The number of ether oxygens (including phenoxy) is 1. The van der Waals surface area contributed by atoms with Gasteiger partial charge in [0.1, 0.15) is 5.60 Å². The minimum Gasteiger partial charge on any atom is -0.444 e. The van der Waals surface area contributed by atoms with E-state index in [1.165, 1.54) is 4.52 Å². The average molecular weight is 454 g/mol. The highest BCUT2D eigenvalue weighted by Gasteiger charge is 2.45. The lowest BCUT2D eigenvalue weighted by atomic mass is 9.74. The Balaban J connectivity index is 0.00000109. The maximum absolute atomic E-state index is 13.0. The van der Waals surface area contributed by atoms with Crippen LogP contribution in [0, 0.1) is 0 Å². The number of aromatic amines is 1. The van der Waals surface area contributed by atoms with Crippen molar-refractivity contribution in [2.24, 2.45) is 0 Å². The summed E-state index contributed by atoms with van der Waals surface area (Å²) in [6, 6.07) is 0. The molecule has 0 atom stereocenters. The Kier molecular flexibility index (Phi) is 5.58. The van der Waals surface area contributed by atoms with E-state index >= 15 is 0 Å². The summed E-state index contributed by atoms with van der Waals surface area (Å²) in [6.07, 6.45) is 2.88. The number of carbonyl (C=O) groups excluding carboxylic acids is 1. The first-order chi connectivity index (χ1) is 13.2. The molecular formula is C19H28BrN5O3. The van der Waals surface area contributed by atoms with Gasteiger partial charge in [-0.1, -0.05) is 13.8 Å². The molecular weight excluding hydrogens is 426 g/mol. The Labute approximate surface area is 172 Å². The second kappa shape index (κ2) is 7.50.